The van der Waals surface area contributed by atoms with Gasteiger partial charge in [-0.1, -0.05) is 58.4 Å². The Morgan fingerprint density at radius 3 is 2.41 bits per heavy atom. The maximum Gasteiger partial charge on any atom is 0.192 e. The Hall–Kier alpha value is -2.72. The summed E-state index contributed by atoms with van der Waals surface area (Å²) in [6.07, 6.45) is 3.68. The van der Waals surface area contributed by atoms with E-state index in [0.717, 1.165) is 52.2 Å². The number of hydrogen-bond donors (Lipinski definition) is 1. The molecule has 9 heteroatoms. The molecule has 0 unspecified atom stereocenters. The second-order valence-corrected chi connectivity index (χ2v) is 20.0. The summed E-state index contributed by atoms with van der Waals surface area (Å²) in [6, 6.07) is 18.2. The van der Waals surface area contributed by atoms with Gasteiger partial charge in [0.15, 0.2) is 14.1 Å². The van der Waals surface area contributed by atoms with Gasteiger partial charge in [-0.05, 0) is 75.7 Å². The number of rotatable bonds is 10. The molecule has 1 N–H and O–H groups in total. The van der Waals surface area contributed by atoms with Crippen LogP contribution in [0.5, 0.6) is 0 Å². The van der Waals surface area contributed by atoms with Crippen LogP contribution in [0.25, 0.3) is 28.0 Å². The number of fused-ring (bicyclic) bond motifs is 1. The molecular weight excluding hydrogens is 547 g/mol. The van der Waals surface area contributed by atoms with E-state index in [4.69, 9.17) is 14.4 Å². The van der Waals surface area contributed by atoms with Gasteiger partial charge < -0.3 is 4.43 Å². The molecule has 4 rings (SSSR count). The quantitative estimate of drug-likeness (QED) is 0.190. The summed E-state index contributed by atoms with van der Waals surface area (Å²) in [5.74, 6) is 0.757. The van der Waals surface area contributed by atoms with Gasteiger partial charge in [0.1, 0.15) is 0 Å². The van der Waals surface area contributed by atoms with Crippen molar-refractivity contribution in [1.82, 2.24) is 24.5 Å². The Labute approximate surface area is 248 Å². The van der Waals surface area contributed by atoms with Crippen LogP contribution in [-0.2, 0) is 22.0 Å². The summed E-state index contributed by atoms with van der Waals surface area (Å²) >= 11 is 0. The first-order valence-corrected chi connectivity index (χ1v) is 18.5. The zero-order chi connectivity index (χ0) is 30.0. The second kappa shape index (κ2) is 12.3. The van der Waals surface area contributed by atoms with Crippen molar-refractivity contribution in [3.63, 3.8) is 0 Å². The van der Waals surface area contributed by atoms with Crippen LogP contribution in [0.2, 0.25) is 18.1 Å². The van der Waals surface area contributed by atoms with E-state index < -0.39 is 19.3 Å². The molecule has 0 bridgehead atoms. The predicted octanol–water partition coefficient (Wildman–Crippen LogP) is 7.90. The first-order chi connectivity index (χ1) is 19.2. The molecule has 0 spiro atoms. The molecule has 2 atom stereocenters. The van der Waals surface area contributed by atoms with E-state index in [1.54, 1.807) is 0 Å². The lowest BCUT2D eigenvalue weighted by Crippen LogP contribution is -2.40. The van der Waals surface area contributed by atoms with Crippen LogP contribution in [-0.4, -0.2) is 37.0 Å². The lowest BCUT2D eigenvalue weighted by atomic mass is 10.1. The molecule has 0 aliphatic heterocycles. The average molecular weight is 592 g/mol. The molecule has 0 aliphatic rings. The maximum atomic E-state index is 12.9. The van der Waals surface area contributed by atoms with Crippen molar-refractivity contribution in [2.24, 2.45) is 0 Å². The predicted molar refractivity (Wildman–Crippen MR) is 173 cm³/mol. The summed E-state index contributed by atoms with van der Waals surface area (Å²) < 4.78 is 24.1. The van der Waals surface area contributed by atoms with E-state index in [1.165, 1.54) is 0 Å². The Morgan fingerprint density at radius 1 is 1.00 bits per heavy atom. The van der Waals surface area contributed by atoms with E-state index in [1.807, 2.05) is 68.0 Å². The highest BCUT2D eigenvalue weighted by molar-refractivity contribution is 7.84. The van der Waals surface area contributed by atoms with Crippen LogP contribution in [0.1, 0.15) is 78.7 Å². The lowest BCUT2D eigenvalue weighted by Gasteiger charge is -2.36. The standard InChI is InChI=1S/C32H45N5O2SSi/c1-10-13-28(36-40(38)31(2,3)4)27-16-12-15-26(35-27)23-18-19-24-21-33-37(29(24)20-23)30-17-11-14-25(34-30)22-39-41(8,9)32(5,6)7/h11-12,14-21,28,36H,10,13,22H2,1-9H3/t28-,40+/m0/s1. The molecule has 0 amide bonds. The van der Waals surface area contributed by atoms with Gasteiger partial charge in [-0.15, -0.1) is 0 Å². The van der Waals surface area contributed by atoms with Gasteiger partial charge in [0.05, 0.1) is 57.2 Å². The van der Waals surface area contributed by atoms with E-state index >= 15 is 0 Å². The van der Waals surface area contributed by atoms with Crippen LogP contribution < -0.4 is 4.72 Å². The zero-order valence-corrected chi connectivity index (χ0v) is 27.8. The van der Waals surface area contributed by atoms with Crippen LogP contribution in [0.4, 0.5) is 0 Å². The molecule has 0 aliphatic carbocycles. The van der Waals surface area contributed by atoms with E-state index in [-0.39, 0.29) is 15.8 Å². The Bertz CT molecular complexity index is 1520. The van der Waals surface area contributed by atoms with Crippen LogP contribution in [0.15, 0.2) is 60.8 Å². The number of aromatic nitrogens is 4. The van der Waals surface area contributed by atoms with Crippen LogP contribution >= 0.6 is 0 Å². The fraction of sp³-hybridized carbons (Fsp3) is 0.469. The van der Waals surface area contributed by atoms with Gasteiger partial charge in [0, 0.05) is 10.9 Å². The van der Waals surface area contributed by atoms with Crippen molar-refractivity contribution in [3.05, 3.63) is 72.2 Å². The van der Waals surface area contributed by atoms with Gasteiger partial charge in [0.25, 0.3) is 0 Å². The largest absolute Gasteiger partial charge is 0.411 e. The highest BCUT2D eigenvalue weighted by atomic mass is 32.2. The molecule has 0 fully saturated rings. The first-order valence-electron chi connectivity index (χ1n) is 14.4. The zero-order valence-electron chi connectivity index (χ0n) is 26.0. The summed E-state index contributed by atoms with van der Waals surface area (Å²) in [7, 11) is -3.07. The third-order valence-corrected chi connectivity index (χ3v) is 13.9. The van der Waals surface area contributed by atoms with Crippen molar-refractivity contribution in [3.8, 4) is 17.1 Å². The summed E-state index contributed by atoms with van der Waals surface area (Å²) in [4.78, 5) is 9.92. The topological polar surface area (TPSA) is 81.9 Å². The minimum Gasteiger partial charge on any atom is -0.411 e. The SMILES string of the molecule is CCC[C@H](N[S@](=O)C(C)(C)C)c1cccc(-c2ccc3cnn(-c4cccc(CO[Si](C)(C)C(C)(C)C)n4)c3c2)n1. The molecule has 0 saturated carbocycles. The van der Waals surface area contributed by atoms with E-state index in [2.05, 4.69) is 68.8 Å². The number of pyridine rings is 2. The van der Waals surface area contributed by atoms with Gasteiger partial charge in [0.2, 0.25) is 0 Å². The van der Waals surface area contributed by atoms with Crippen molar-refractivity contribution < 1.29 is 8.63 Å². The maximum absolute atomic E-state index is 12.9. The number of benzene rings is 1. The minimum atomic E-state index is -1.89. The Morgan fingerprint density at radius 2 is 1.73 bits per heavy atom. The molecule has 4 aromatic rings. The third kappa shape index (κ3) is 7.38. The molecule has 1 aromatic carbocycles. The molecule has 3 heterocycles. The minimum absolute atomic E-state index is 0.0882. The van der Waals surface area contributed by atoms with Crippen molar-refractivity contribution >= 4 is 30.2 Å². The highest BCUT2D eigenvalue weighted by Gasteiger charge is 2.37. The second-order valence-electron chi connectivity index (χ2n) is 13.2. The van der Waals surface area contributed by atoms with Crippen molar-refractivity contribution in [2.45, 2.75) is 96.8 Å². The number of nitrogens with zero attached hydrogens (tertiary/aromatic N) is 4. The van der Waals surface area contributed by atoms with Crippen LogP contribution in [0, 0.1) is 0 Å². The molecule has 220 valence electrons. The monoisotopic (exact) mass is 591 g/mol. The van der Waals surface area contributed by atoms with Crippen molar-refractivity contribution in [1.29, 1.82) is 0 Å². The molecular formula is C32H45N5O2SSi. The van der Waals surface area contributed by atoms with Crippen molar-refractivity contribution in [2.75, 3.05) is 0 Å². The van der Waals surface area contributed by atoms with Crippen LogP contribution in [0.3, 0.4) is 0 Å². The Kier molecular flexibility index (Phi) is 9.33. The van der Waals surface area contributed by atoms with Gasteiger partial charge in [-0.3, -0.25) is 4.98 Å². The summed E-state index contributed by atoms with van der Waals surface area (Å²) in [5.41, 5.74) is 4.61. The highest BCUT2D eigenvalue weighted by Crippen LogP contribution is 2.37. The smallest absolute Gasteiger partial charge is 0.192 e. The summed E-state index contributed by atoms with van der Waals surface area (Å²) in [5, 5.41) is 5.84. The molecule has 7 nitrogen and oxygen atoms in total. The molecule has 0 radical (unpaired) electrons. The third-order valence-electron chi connectivity index (χ3n) is 7.77. The lowest BCUT2D eigenvalue weighted by molar-refractivity contribution is 0.272. The number of nitrogens with one attached hydrogen (secondary N) is 1. The number of hydrogen-bond acceptors (Lipinski definition) is 5. The van der Waals surface area contributed by atoms with Gasteiger partial charge >= 0.3 is 0 Å². The fourth-order valence-corrected chi connectivity index (χ4v) is 5.96. The van der Waals surface area contributed by atoms with E-state index in [0.29, 0.717) is 6.61 Å². The molecule has 41 heavy (non-hydrogen) atoms. The fourth-order valence-electron chi connectivity index (χ4n) is 4.16. The van der Waals surface area contributed by atoms with Gasteiger partial charge in [-0.2, -0.15) is 5.10 Å². The molecule has 3 aromatic heterocycles. The Balaban J connectivity index is 1.64. The average Bonchev–Trinajstić information content (AvgIpc) is 3.34. The summed E-state index contributed by atoms with van der Waals surface area (Å²) in [6.45, 7) is 19.8. The first kappa shape index (κ1) is 31.2. The molecule has 0 saturated heterocycles. The normalized spacial score (nSPS) is 14.4. The van der Waals surface area contributed by atoms with Gasteiger partial charge in [-0.25, -0.2) is 18.6 Å². The van der Waals surface area contributed by atoms with E-state index in [9.17, 15) is 4.21 Å².